The third kappa shape index (κ3) is 5.13. The fourth-order valence-corrected chi connectivity index (χ4v) is 3.19. The van der Waals surface area contributed by atoms with Gasteiger partial charge in [0.25, 0.3) is 0 Å². The SMILES string of the molecule is CC1=NC(=O)NC(c2ccc(N(C)C)cc2)C1C(=O)OCCOc1ccccc1. The monoisotopic (exact) mass is 395 g/mol. The number of hydrogen-bond acceptors (Lipinski definition) is 5. The molecule has 0 saturated heterocycles. The highest BCUT2D eigenvalue weighted by Crippen LogP contribution is 2.29. The van der Waals surface area contributed by atoms with E-state index < -0.39 is 24.0 Å². The molecular formula is C22H25N3O4. The lowest BCUT2D eigenvalue weighted by Crippen LogP contribution is -2.44. The molecule has 0 radical (unpaired) electrons. The van der Waals surface area contributed by atoms with Crippen LogP contribution in [0.3, 0.4) is 0 Å². The average Bonchev–Trinajstić information content (AvgIpc) is 2.71. The van der Waals surface area contributed by atoms with Crippen molar-refractivity contribution < 1.29 is 19.1 Å². The van der Waals surface area contributed by atoms with Crippen LogP contribution in [0.25, 0.3) is 0 Å². The molecule has 1 aliphatic rings. The van der Waals surface area contributed by atoms with E-state index in [2.05, 4.69) is 10.3 Å². The molecule has 1 N–H and O–H groups in total. The number of amides is 2. The van der Waals surface area contributed by atoms with E-state index in [1.165, 1.54) is 0 Å². The predicted molar refractivity (Wildman–Crippen MR) is 112 cm³/mol. The molecule has 7 heteroatoms. The van der Waals surface area contributed by atoms with Gasteiger partial charge in [-0.1, -0.05) is 30.3 Å². The van der Waals surface area contributed by atoms with Crippen molar-refractivity contribution in [1.82, 2.24) is 5.32 Å². The molecule has 0 saturated carbocycles. The molecule has 0 bridgehead atoms. The molecule has 1 heterocycles. The number of esters is 1. The van der Waals surface area contributed by atoms with Gasteiger partial charge in [-0.15, -0.1) is 0 Å². The first-order chi connectivity index (χ1) is 14.0. The van der Waals surface area contributed by atoms with Crippen LogP contribution in [-0.2, 0) is 9.53 Å². The van der Waals surface area contributed by atoms with Crippen LogP contribution in [-0.4, -0.2) is 45.0 Å². The van der Waals surface area contributed by atoms with Crippen LogP contribution in [0.2, 0.25) is 0 Å². The van der Waals surface area contributed by atoms with Gasteiger partial charge in [0.1, 0.15) is 24.9 Å². The minimum absolute atomic E-state index is 0.109. The largest absolute Gasteiger partial charge is 0.490 e. The molecule has 0 fully saturated rings. The van der Waals surface area contributed by atoms with Crippen LogP contribution in [0.1, 0.15) is 18.5 Å². The Balaban J connectivity index is 1.67. The zero-order valence-electron chi connectivity index (χ0n) is 16.8. The summed E-state index contributed by atoms with van der Waals surface area (Å²) in [5, 5.41) is 2.79. The van der Waals surface area contributed by atoms with E-state index in [1.807, 2.05) is 73.6 Å². The van der Waals surface area contributed by atoms with Crippen molar-refractivity contribution in [2.75, 3.05) is 32.2 Å². The number of nitrogens with zero attached hydrogens (tertiary/aromatic N) is 2. The maximum absolute atomic E-state index is 12.8. The molecule has 7 nitrogen and oxygen atoms in total. The molecule has 2 aromatic rings. The second kappa shape index (κ2) is 9.23. The minimum atomic E-state index is -0.686. The summed E-state index contributed by atoms with van der Waals surface area (Å²) in [5.74, 6) is -0.413. The number of carbonyl (C=O) groups excluding carboxylic acids is 2. The summed E-state index contributed by atoms with van der Waals surface area (Å²) in [6.07, 6.45) is 0. The van der Waals surface area contributed by atoms with Crippen LogP contribution in [0.4, 0.5) is 10.5 Å². The number of nitrogens with one attached hydrogen (secondary N) is 1. The van der Waals surface area contributed by atoms with Gasteiger partial charge in [-0.05, 0) is 36.8 Å². The maximum Gasteiger partial charge on any atom is 0.341 e. The zero-order chi connectivity index (χ0) is 20.8. The lowest BCUT2D eigenvalue weighted by molar-refractivity contribution is -0.147. The highest BCUT2D eigenvalue weighted by Gasteiger charge is 2.38. The Morgan fingerprint density at radius 3 is 2.41 bits per heavy atom. The molecule has 2 amide bonds. The molecule has 152 valence electrons. The maximum atomic E-state index is 12.8. The molecular weight excluding hydrogens is 370 g/mol. The van der Waals surface area contributed by atoms with Gasteiger partial charge in [-0.25, -0.2) is 9.79 Å². The van der Waals surface area contributed by atoms with Crippen LogP contribution >= 0.6 is 0 Å². The number of hydrogen-bond donors (Lipinski definition) is 1. The van der Waals surface area contributed by atoms with Crippen molar-refractivity contribution in [3.8, 4) is 5.75 Å². The van der Waals surface area contributed by atoms with E-state index in [-0.39, 0.29) is 13.2 Å². The van der Waals surface area contributed by atoms with Gasteiger partial charge in [-0.2, -0.15) is 0 Å². The quantitative estimate of drug-likeness (QED) is 0.575. The molecule has 1 aliphatic heterocycles. The normalized spacial score (nSPS) is 18.4. The Morgan fingerprint density at radius 1 is 1.07 bits per heavy atom. The Morgan fingerprint density at radius 2 is 1.76 bits per heavy atom. The number of aliphatic imine (C=N–C) groups is 1. The van der Waals surface area contributed by atoms with Gasteiger partial charge in [0, 0.05) is 25.5 Å². The second-order valence-corrected chi connectivity index (χ2v) is 6.97. The van der Waals surface area contributed by atoms with Crippen molar-refractivity contribution in [3.05, 3.63) is 60.2 Å². The first-order valence-corrected chi connectivity index (χ1v) is 9.43. The Bertz CT molecular complexity index is 879. The van der Waals surface area contributed by atoms with Crippen molar-refractivity contribution in [2.24, 2.45) is 10.9 Å². The summed E-state index contributed by atoms with van der Waals surface area (Å²) in [4.78, 5) is 30.6. The van der Waals surface area contributed by atoms with Crippen LogP contribution in [0, 0.1) is 5.92 Å². The van der Waals surface area contributed by atoms with Gasteiger partial charge in [0.15, 0.2) is 0 Å². The average molecular weight is 395 g/mol. The standard InChI is InChI=1S/C22H25N3O4/c1-15-19(21(26)29-14-13-28-18-7-5-4-6-8-18)20(24-22(27)23-15)16-9-11-17(12-10-16)25(2)3/h4-12,19-20H,13-14H2,1-3H3,(H,24,27). The van der Waals surface area contributed by atoms with E-state index in [1.54, 1.807) is 6.92 Å². The van der Waals surface area contributed by atoms with E-state index in [0.717, 1.165) is 11.3 Å². The van der Waals surface area contributed by atoms with Gasteiger partial charge < -0.3 is 19.7 Å². The molecule has 2 aromatic carbocycles. The smallest absolute Gasteiger partial charge is 0.341 e. The highest BCUT2D eigenvalue weighted by molar-refractivity contribution is 6.08. The molecule has 2 unspecified atom stereocenters. The number of para-hydroxylation sites is 1. The Kier molecular flexibility index (Phi) is 6.49. The number of benzene rings is 2. The molecule has 0 aromatic heterocycles. The summed E-state index contributed by atoms with van der Waals surface area (Å²) in [5.41, 5.74) is 2.28. The Labute approximate surface area is 170 Å². The summed E-state index contributed by atoms with van der Waals surface area (Å²) in [7, 11) is 3.90. The molecule has 0 aliphatic carbocycles. The topological polar surface area (TPSA) is 80.2 Å². The van der Waals surface area contributed by atoms with E-state index >= 15 is 0 Å². The second-order valence-electron chi connectivity index (χ2n) is 6.97. The Hall–Kier alpha value is -3.35. The number of anilines is 1. The third-order valence-electron chi connectivity index (χ3n) is 4.70. The number of rotatable bonds is 7. The first-order valence-electron chi connectivity index (χ1n) is 9.43. The van der Waals surface area contributed by atoms with Crippen molar-refractivity contribution in [2.45, 2.75) is 13.0 Å². The van der Waals surface area contributed by atoms with E-state index in [4.69, 9.17) is 9.47 Å². The van der Waals surface area contributed by atoms with Crippen molar-refractivity contribution in [3.63, 3.8) is 0 Å². The lowest BCUT2D eigenvalue weighted by Gasteiger charge is -2.30. The van der Waals surface area contributed by atoms with Crippen molar-refractivity contribution >= 4 is 23.4 Å². The van der Waals surface area contributed by atoms with E-state index in [0.29, 0.717) is 11.5 Å². The predicted octanol–water partition coefficient (Wildman–Crippen LogP) is 3.22. The van der Waals surface area contributed by atoms with Gasteiger partial charge >= 0.3 is 12.0 Å². The fourth-order valence-electron chi connectivity index (χ4n) is 3.19. The van der Waals surface area contributed by atoms with Crippen LogP contribution in [0.15, 0.2) is 59.6 Å². The zero-order valence-corrected chi connectivity index (χ0v) is 16.8. The number of urea groups is 1. The summed E-state index contributed by atoms with van der Waals surface area (Å²) in [6.45, 7) is 2.03. The summed E-state index contributed by atoms with van der Waals surface area (Å²) in [6, 6.07) is 16.0. The van der Waals surface area contributed by atoms with Gasteiger partial charge in [0.2, 0.25) is 0 Å². The van der Waals surface area contributed by atoms with E-state index in [9.17, 15) is 9.59 Å². The summed E-state index contributed by atoms with van der Waals surface area (Å²) < 4.78 is 11.0. The fraction of sp³-hybridized carbons (Fsp3) is 0.318. The molecule has 3 rings (SSSR count). The molecule has 0 spiro atoms. The van der Waals surface area contributed by atoms with Gasteiger partial charge in [-0.3, -0.25) is 4.79 Å². The lowest BCUT2D eigenvalue weighted by atomic mass is 9.88. The van der Waals surface area contributed by atoms with Crippen LogP contribution < -0.4 is 15.0 Å². The molecule has 29 heavy (non-hydrogen) atoms. The van der Waals surface area contributed by atoms with Crippen molar-refractivity contribution in [1.29, 1.82) is 0 Å². The highest BCUT2D eigenvalue weighted by atomic mass is 16.6. The number of ether oxygens (including phenoxy) is 2. The van der Waals surface area contributed by atoms with Gasteiger partial charge in [0.05, 0.1) is 6.04 Å². The summed E-state index contributed by atoms with van der Waals surface area (Å²) >= 11 is 0. The molecule has 2 atom stereocenters. The van der Waals surface area contributed by atoms with Crippen LogP contribution in [0.5, 0.6) is 5.75 Å². The third-order valence-corrected chi connectivity index (χ3v) is 4.70. The number of carbonyl (C=O) groups is 2. The minimum Gasteiger partial charge on any atom is -0.490 e. The first kappa shape index (κ1) is 20.4.